The molecule has 5 nitrogen and oxygen atoms in total. The molecule has 0 saturated heterocycles. The van der Waals surface area contributed by atoms with Crippen molar-refractivity contribution in [3.63, 3.8) is 0 Å². The Labute approximate surface area is 86.4 Å². The van der Waals surface area contributed by atoms with Crippen LogP contribution in [0.15, 0.2) is 18.3 Å². The normalized spacial score (nSPS) is 12.9. The summed E-state index contributed by atoms with van der Waals surface area (Å²) in [5, 5.41) is 13.0. The first-order chi connectivity index (χ1) is 7.09. The number of fused-ring (bicyclic) bond motifs is 1. The number of carboxylic acids is 1. The topological polar surface area (TPSA) is 67.5 Å². The average Bonchev–Trinajstić information content (AvgIpc) is 2.61. The second kappa shape index (κ2) is 3.34. The summed E-state index contributed by atoms with van der Waals surface area (Å²) in [6, 6.07) is 3.77. The fourth-order valence-electron chi connectivity index (χ4n) is 1.35. The number of aryl methyl sites for hydroxylation is 1. The van der Waals surface area contributed by atoms with Gasteiger partial charge in [-0.25, -0.2) is 9.50 Å². The van der Waals surface area contributed by atoms with Gasteiger partial charge in [0.15, 0.2) is 11.5 Å². The molecule has 0 fully saturated rings. The van der Waals surface area contributed by atoms with E-state index in [1.165, 1.54) is 0 Å². The lowest BCUT2D eigenvalue weighted by Gasteiger charge is -1.97. The van der Waals surface area contributed by atoms with Crippen LogP contribution in [0, 0.1) is 6.92 Å². The molecule has 0 aliphatic carbocycles. The molecule has 5 heteroatoms. The second-order valence-electron chi connectivity index (χ2n) is 3.49. The predicted molar refractivity (Wildman–Crippen MR) is 53.8 cm³/mol. The Kier molecular flexibility index (Phi) is 2.15. The maximum absolute atomic E-state index is 10.8. The van der Waals surface area contributed by atoms with Crippen LogP contribution in [-0.4, -0.2) is 25.7 Å². The van der Waals surface area contributed by atoms with Gasteiger partial charge in [0.05, 0.1) is 0 Å². The SMILES string of the molecule is Cc1cccn2nc(C(C)C(=O)O)nc12. The molecule has 0 aliphatic heterocycles. The summed E-state index contributed by atoms with van der Waals surface area (Å²) in [6.07, 6.45) is 1.76. The van der Waals surface area contributed by atoms with E-state index in [1.807, 2.05) is 19.1 Å². The number of hydrogen-bond donors (Lipinski definition) is 1. The molecule has 1 N–H and O–H groups in total. The van der Waals surface area contributed by atoms with Gasteiger partial charge in [0.25, 0.3) is 0 Å². The fraction of sp³-hybridized carbons (Fsp3) is 0.300. The van der Waals surface area contributed by atoms with Gasteiger partial charge >= 0.3 is 5.97 Å². The molecular formula is C10H11N3O2. The minimum Gasteiger partial charge on any atom is -0.481 e. The molecule has 0 aromatic carbocycles. The van der Waals surface area contributed by atoms with Gasteiger partial charge in [-0.05, 0) is 25.5 Å². The molecule has 0 radical (unpaired) electrons. The standard InChI is InChI=1S/C10H11N3O2/c1-6-4-3-5-13-9(6)11-8(12-13)7(2)10(14)15/h3-5,7H,1-2H3,(H,14,15). The van der Waals surface area contributed by atoms with Crippen LogP contribution in [0.25, 0.3) is 5.65 Å². The summed E-state index contributed by atoms with van der Waals surface area (Å²) in [5.41, 5.74) is 1.69. The second-order valence-corrected chi connectivity index (χ2v) is 3.49. The van der Waals surface area contributed by atoms with Crippen molar-refractivity contribution < 1.29 is 9.90 Å². The van der Waals surface area contributed by atoms with Crippen molar-refractivity contribution in [2.24, 2.45) is 0 Å². The molecule has 2 heterocycles. The molecule has 1 atom stereocenters. The zero-order valence-electron chi connectivity index (χ0n) is 8.51. The highest BCUT2D eigenvalue weighted by atomic mass is 16.4. The lowest BCUT2D eigenvalue weighted by Crippen LogP contribution is -2.09. The van der Waals surface area contributed by atoms with Crippen LogP contribution in [-0.2, 0) is 4.79 Å². The van der Waals surface area contributed by atoms with Gasteiger partial charge in [-0.15, -0.1) is 0 Å². The lowest BCUT2D eigenvalue weighted by atomic mass is 10.2. The van der Waals surface area contributed by atoms with Crippen LogP contribution in [0.5, 0.6) is 0 Å². The molecular weight excluding hydrogens is 194 g/mol. The largest absolute Gasteiger partial charge is 0.481 e. The maximum atomic E-state index is 10.8. The van der Waals surface area contributed by atoms with E-state index in [0.29, 0.717) is 11.5 Å². The molecule has 1 unspecified atom stereocenters. The van der Waals surface area contributed by atoms with Crippen molar-refractivity contribution in [3.05, 3.63) is 29.7 Å². The Morgan fingerprint density at radius 1 is 1.60 bits per heavy atom. The Morgan fingerprint density at radius 3 is 2.93 bits per heavy atom. The zero-order valence-corrected chi connectivity index (χ0v) is 8.51. The van der Waals surface area contributed by atoms with Gasteiger partial charge in [-0.3, -0.25) is 4.79 Å². The molecule has 0 bridgehead atoms. The van der Waals surface area contributed by atoms with E-state index >= 15 is 0 Å². The molecule has 0 aliphatic rings. The summed E-state index contributed by atoms with van der Waals surface area (Å²) in [5.74, 6) is -1.25. The van der Waals surface area contributed by atoms with Gasteiger partial charge in [0.2, 0.25) is 0 Å². The predicted octanol–water partition coefficient (Wildman–Crippen LogP) is 1.23. The van der Waals surface area contributed by atoms with Gasteiger partial charge in [-0.1, -0.05) is 6.07 Å². The number of aromatic nitrogens is 3. The summed E-state index contributed by atoms with van der Waals surface area (Å²) >= 11 is 0. The number of rotatable bonds is 2. The Morgan fingerprint density at radius 2 is 2.33 bits per heavy atom. The van der Waals surface area contributed by atoms with Crippen LogP contribution < -0.4 is 0 Å². The number of nitrogens with zero attached hydrogens (tertiary/aromatic N) is 3. The monoisotopic (exact) mass is 205 g/mol. The van der Waals surface area contributed by atoms with Gasteiger partial charge in [0.1, 0.15) is 5.92 Å². The highest BCUT2D eigenvalue weighted by Gasteiger charge is 2.19. The summed E-state index contributed by atoms with van der Waals surface area (Å²) in [4.78, 5) is 15.0. The summed E-state index contributed by atoms with van der Waals surface area (Å²) < 4.78 is 1.60. The van der Waals surface area contributed by atoms with Crippen molar-refractivity contribution in [1.82, 2.24) is 14.6 Å². The molecule has 0 amide bonds. The average molecular weight is 205 g/mol. The van der Waals surface area contributed by atoms with Crippen LogP contribution in [0.2, 0.25) is 0 Å². The van der Waals surface area contributed by atoms with Crippen molar-refractivity contribution in [3.8, 4) is 0 Å². The third-order valence-corrected chi connectivity index (χ3v) is 2.33. The quantitative estimate of drug-likeness (QED) is 0.800. The number of carboxylic acid groups (broad SMARTS) is 1. The van der Waals surface area contributed by atoms with Crippen LogP contribution in [0.3, 0.4) is 0 Å². The van der Waals surface area contributed by atoms with E-state index < -0.39 is 11.9 Å². The van der Waals surface area contributed by atoms with Gasteiger partial charge in [0, 0.05) is 6.20 Å². The maximum Gasteiger partial charge on any atom is 0.314 e. The van der Waals surface area contributed by atoms with Gasteiger partial charge < -0.3 is 5.11 Å². The molecule has 0 spiro atoms. The Balaban J connectivity index is 2.56. The minimum atomic E-state index is -0.913. The van der Waals surface area contributed by atoms with E-state index in [2.05, 4.69) is 10.1 Å². The Hall–Kier alpha value is -1.91. The first-order valence-electron chi connectivity index (χ1n) is 4.64. The first kappa shape index (κ1) is 9.64. The number of aliphatic carboxylic acids is 1. The van der Waals surface area contributed by atoms with E-state index in [0.717, 1.165) is 5.56 Å². The van der Waals surface area contributed by atoms with Gasteiger partial charge in [-0.2, -0.15) is 5.10 Å². The summed E-state index contributed by atoms with van der Waals surface area (Å²) in [7, 11) is 0. The summed E-state index contributed by atoms with van der Waals surface area (Å²) in [6.45, 7) is 3.49. The number of hydrogen-bond acceptors (Lipinski definition) is 3. The van der Waals surface area contributed by atoms with Crippen LogP contribution in [0.4, 0.5) is 0 Å². The van der Waals surface area contributed by atoms with Crippen molar-refractivity contribution in [2.45, 2.75) is 19.8 Å². The Bertz CT molecular complexity index is 518. The highest BCUT2D eigenvalue weighted by Crippen LogP contribution is 2.14. The molecule has 2 rings (SSSR count). The number of pyridine rings is 1. The van der Waals surface area contributed by atoms with Crippen LogP contribution in [0.1, 0.15) is 24.2 Å². The molecule has 0 saturated carbocycles. The van der Waals surface area contributed by atoms with E-state index in [-0.39, 0.29) is 0 Å². The van der Waals surface area contributed by atoms with E-state index in [1.54, 1.807) is 17.6 Å². The molecule has 78 valence electrons. The third kappa shape index (κ3) is 1.56. The van der Waals surface area contributed by atoms with Crippen molar-refractivity contribution >= 4 is 11.6 Å². The molecule has 2 aromatic rings. The third-order valence-electron chi connectivity index (χ3n) is 2.33. The minimum absolute atomic E-state index is 0.344. The van der Waals surface area contributed by atoms with E-state index in [9.17, 15) is 4.79 Å². The highest BCUT2D eigenvalue weighted by molar-refractivity contribution is 5.74. The smallest absolute Gasteiger partial charge is 0.314 e. The number of carbonyl (C=O) groups is 1. The zero-order chi connectivity index (χ0) is 11.0. The first-order valence-corrected chi connectivity index (χ1v) is 4.64. The van der Waals surface area contributed by atoms with Crippen molar-refractivity contribution in [1.29, 1.82) is 0 Å². The fourth-order valence-corrected chi connectivity index (χ4v) is 1.35. The van der Waals surface area contributed by atoms with Crippen LogP contribution >= 0.6 is 0 Å². The van der Waals surface area contributed by atoms with Crippen molar-refractivity contribution in [2.75, 3.05) is 0 Å². The molecule has 2 aromatic heterocycles. The van der Waals surface area contributed by atoms with E-state index in [4.69, 9.17) is 5.11 Å². The lowest BCUT2D eigenvalue weighted by molar-refractivity contribution is -0.138. The molecule has 15 heavy (non-hydrogen) atoms.